The number of nitrogens with zero attached hydrogens (tertiary/aromatic N) is 1. The molecule has 0 spiro atoms. The number of carboxylic acids is 1. The molecule has 0 bridgehead atoms. The first-order valence-corrected chi connectivity index (χ1v) is 6.14. The first-order chi connectivity index (χ1) is 8.65. The van der Waals surface area contributed by atoms with E-state index in [-0.39, 0.29) is 11.5 Å². The number of aromatic nitrogens is 1. The molecule has 0 aliphatic heterocycles. The third kappa shape index (κ3) is 3.29. The van der Waals surface area contributed by atoms with Crippen LogP contribution in [0.5, 0.6) is 0 Å². The van der Waals surface area contributed by atoms with Crippen LogP contribution in [0, 0.1) is 5.92 Å². The Labute approximate surface area is 105 Å². The molecular formula is C13H16N2O3. The van der Waals surface area contributed by atoms with E-state index < -0.39 is 5.97 Å². The maximum absolute atomic E-state index is 11.8. The van der Waals surface area contributed by atoms with Crippen molar-refractivity contribution in [1.29, 1.82) is 0 Å². The maximum Gasteiger partial charge on any atom is 0.335 e. The number of nitrogens with one attached hydrogen (secondary N) is 1. The zero-order valence-corrected chi connectivity index (χ0v) is 10.1. The van der Waals surface area contributed by atoms with Gasteiger partial charge in [-0.1, -0.05) is 12.8 Å². The van der Waals surface area contributed by atoms with Crippen molar-refractivity contribution >= 4 is 17.7 Å². The zero-order chi connectivity index (χ0) is 13.0. The van der Waals surface area contributed by atoms with Gasteiger partial charge in [0, 0.05) is 12.6 Å². The predicted molar refractivity (Wildman–Crippen MR) is 66.4 cm³/mol. The minimum Gasteiger partial charge on any atom is -0.478 e. The molecule has 1 aromatic rings. The normalized spacial score (nSPS) is 15.6. The number of carboxylic acid groups (broad SMARTS) is 1. The SMILES string of the molecule is O=C(CC1CCCC1)Nc1cc(C(=O)O)ccn1. The Morgan fingerprint density at radius 1 is 1.39 bits per heavy atom. The van der Waals surface area contributed by atoms with Gasteiger partial charge in [0.05, 0.1) is 5.56 Å². The average molecular weight is 248 g/mol. The molecule has 2 N–H and O–H groups in total. The molecule has 5 heteroatoms. The number of carbonyl (C=O) groups excluding carboxylic acids is 1. The molecule has 1 heterocycles. The van der Waals surface area contributed by atoms with Gasteiger partial charge >= 0.3 is 5.97 Å². The number of amides is 1. The first kappa shape index (κ1) is 12.5. The van der Waals surface area contributed by atoms with Crippen molar-refractivity contribution < 1.29 is 14.7 Å². The molecule has 1 fully saturated rings. The molecule has 1 saturated carbocycles. The molecule has 0 unspecified atom stereocenters. The quantitative estimate of drug-likeness (QED) is 0.856. The van der Waals surface area contributed by atoms with Gasteiger partial charge in [0.2, 0.25) is 5.91 Å². The number of hydrogen-bond acceptors (Lipinski definition) is 3. The lowest BCUT2D eigenvalue weighted by molar-refractivity contribution is -0.117. The summed E-state index contributed by atoms with van der Waals surface area (Å²) in [5.74, 6) is -0.341. The fourth-order valence-corrected chi connectivity index (χ4v) is 2.30. The highest BCUT2D eigenvalue weighted by atomic mass is 16.4. The Morgan fingerprint density at radius 2 is 2.11 bits per heavy atom. The molecule has 1 amide bonds. The second kappa shape index (κ2) is 5.62. The van der Waals surface area contributed by atoms with Gasteiger partial charge < -0.3 is 10.4 Å². The standard InChI is InChI=1S/C13H16N2O3/c16-12(7-9-3-1-2-4-9)15-11-8-10(13(17)18)5-6-14-11/h5-6,8-9H,1-4,7H2,(H,17,18)(H,14,15,16). The van der Waals surface area contributed by atoms with Gasteiger partial charge in [-0.25, -0.2) is 9.78 Å². The second-order valence-corrected chi connectivity index (χ2v) is 4.64. The zero-order valence-electron chi connectivity index (χ0n) is 10.1. The van der Waals surface area contributed by atoms with Gasteiger partial charge in [-0.05, 0) is 30.9 Å². The largest absolute Gasteiger partial charge is 0.478 e. The van der Waals surface area contributed by atoms with Crippen LogP contribution < -0.4 is 5.32 Å². The predicted octanol–water partition coefficient (Wildman–Crippen LogP) is 2.30. The average Bonchev–Trinajstić information content (AvgIpc) is 2.82. The molecule has 0 radical (unpaired) electrons. The van der Waals surface area contributed by atoms with Crippen molar-refractivity contribution in [3.63, 3.8) is 0 Å². The summed E-state index contributed by atoms with van der Waals surface area (Å²) in [7, 11) is 0. The van der Waals surface area contributed by atoms with Gasteiger partial charge in [0.15, 0.2) is 0 Å². The van der Waals surface area contributed by atoms with E-state index in [1.807, 2.05) is 0 Å². The Balaban J connectivity index is 1.93. The van der Waals surface area contributed by atoms with Crippen LogP contribution in [0.4, 0.5) is 5.82 Å². The summed E-state index contributed by atoms with van der Waals surface area (Å²) in [4.78, 5) is 26.5. The van der Waals surface area contributed by atoms with Crippen LogP contribution in [0.3, 0.4) is 0 Å². The van der Waals surface area contributed by atoms with Gasteiger partial charge in [0.1, 0.15) is 5.82 Å². The third-order valence-corrected chi connectivity index (χ3v) is 3.22. The molecule has 18 heavy (non-hydrogen) atoms. The van der Waals surface area contributed by atoms with Crippen LogP contribution in [-0.2, 0) is 4.79 Å². The summed E-state index contributed by atoms with van der Waals surface area (Å²) >= 11 is 0. The summed E-state index contributed by atoms with van der Waals surface area (Å²) in [5.41, 5.74) is 0.126. The Kier molecular flexibility index (Phi) is 3.92. The monoisotopic (exact) mass is 248 g/mol. The van der Waals surface area contributed by atoms with E-state index >= 15 is 0 Å². The Morgan fingerprint density at radius 3 is 2.78 bits per heavy atom. The van der Waals surface area contributed by atoms with Crippen LogP contribution in [0.1, 0.15) is 42.5 Å². The lowest BCUT2D eigenvalue weighted by Crippen LogP contribution is -2.16. The summed E-state index contributed by atoms with van der Waals surface area (Å²) in [5, 5.41) is 11.5. The molecule has 96 valence electrons. The summed E-state index contributed by atoms with van der Waals surface area (Å²) in [6, 6.07) is 2.77. The number of carbonyl (C=O) groups is 2. The molecule has 0 aromatic carbocycles. The molecule has 1 aliphatic carbocycles. The summed E-state index contributed by atoms with van der Waals surface area (Å²) < 4.78 is 0. The molecule has 0 saturated heterocycles. The van der Waals surface area contributed by atoms with Crippen molar-refractivity contribution in [2.45, 2.75) is 32.1 Å². The second-order valence-electron chi connectivity index (χ2n) is 4.64. The van der Waals surface area contributed by atoms with Crippen LogP contribution in [0.15, 0.2) is 18.3 Å². The van der Waals surface area contributed by atoms with Crippen LogP contribution in [0.2, 0.25) is 0 Å². The molecular weight excluding hydrogens is 232 g/mol. The van der Waals surface area contributed by atoms with Crippen molar-refractivity contribution in [1.82, 2.24) is 4.98 Å². The Hall–Kier alpha value is -1.91. The topological polar surface area (TPSA) is 79.3 Å². The highest BCUT2D eigenvalue weighted by molar-refractivity contribution is 5.92. The lowest BCUT2D eigenvalue weighted by atomic mass is 10.0. The van der Waals surface area contributed by atoms with E-state index in [4.69, 9.17) is 5.11 Å². The van der Waals surface area contributed by atoms with Gasteiger partial charge in [-0.3, -0.25) is 4.79 Å². The number of pyridine rings is 1. The first-order valence-electron chi connectivity index (χ1n) is 6.14. The number of rotatable bonds is 4. The van der Waals surface area contributed by atoms with Crippen molar-refractivity contribution in [2.75, 3.05) is 5.32 Å². The summed E-state index contributed by atoms with van der Waals surface area (Å²) in [6.45, 7) is 0. The van der Waals surface area contributed by atoms with Gasteiger partial charge in [0.25, 0.3) is 0 Å². The van der Waals surface area contributed by atoms with E-state index in [1.54, 1.807) is 0 Å². The van der Waals surface area contributed by atoms with Crippen LogP contribution in [-0.4, -0.2) is 22.0 Å². The molecule has 5 nitrogen and oxygen atoms in total. The fourth-order valence-electron chi connectivity index (χ4n) is 2.30. The minimum atomic E-state index is -1.02. The molecule has 1 aliphatic rings. The maximum atomic E-state index is 11.8. The van der Waals surface area contributed by atoms with E-state index in [2.05, 4.69) is 10.3 Å². The lowest BCUT2D eigenvalue weighted by Gasteiger charge is -2.09. The van der Waals surface area contributed by atoms with Crippen molar-refractivity contribution in [2.24, 2.45) is 5.92 Å². The molecule has 2 rings (SSSR count). The third-order valence-electron chi connectivity index (χ3n) is 3.22. The summed E-state index contributed by atoms with van der Waals surface area (Å²) in [6.07, 6.45) is 6.50. The highest BCUT2D eigenvalue weighted by Crippen LogP contribution is 2.27. The molecule has 0 atom stereocenters. The number of aromatic carboxylic acids is 1. The van der Waals surface area contributed by atoms with Crippen molar-refractivity contribution in [3.8, 4) is 0 Å². The van der Waals surface area contributed by atoms with E-state index in [0.29, 0.717) is 18.2 Å². The fraction of sp³-hybridized carbons (Fsp3) is 0.462. The van der Waals surface area contributed by atoms with E-state index in [1.165, 1.54) is 31.2 Å². The van der Waals surface area contributed by atoms with Gasteiger partial charge in [-0.15, -0.1) is 0 Å². The van der Waals surface area contributed by atoms with Crippen LogP contribution in [0.25, 0.3) is 0 Å². The molecule has 1 aromatic heterocycles. The van der Waals surface area contributed by atoms with Crippen molar-refractivity contribution in [3.05, 3.63) is 23.9 Å². The minimum absolute atomic E-state index is 0.0862. The van der Waals surface area contributed by atoms with Crippen LogP contribution >= 0.6 is 0 Å². The van der Waals surface area contributed by atoms with E-state index in [0.717, 1.165) is 12.8 Å². The number of hydrogen-bond donors (Lipinski definition) is 2. The van der Waals surface area contributed by atoms with Gasteiger partial charge in [-0.2, -0.15) is 0 Å². The smallest absolute Gasteiger partial charge is 0.335 e. The highest BCUT2D eigenvalue weighted by Gasteiger charge is 2.18. The number of anilines is 1. The Bertz CT molecular complexity index is 453. The van der Waals surface area contributed by atoms with E-state index in [9.17, 15) is 9.59 Å².